The highest BCUT2D eigenvalue weighted by Crippen LogP contribution is 2.25. The van der Waals surface area contributed by atoms with Gasteiger partial charge in [0.05, 0.1) is 6.42 Å². The minimum absolute atomic E-state index is 0.0128. The maximum absolute atomic E-state index is 12.9. The first kappa shape index (κ1) is 19.9. The van der Waals surface area contributed by atoms with Crippen molar-refractivity contribution in [3.05, 3.63) is 30.1 Å². The molecule has 0 aliphatic carbocycles. The van der Waals surface area contributed by atoms with Gasteiger partial charge in [-0.3, -0.25) is 19.4 Å². The lowest BCUT2D eigenvalue weighted by Crippen LogP contribution is -2.50. The van der Waals surface area contributed by atoms with Gasteiger partial charge in [0.25, 0.3) is 0 Å². The smallest absolute Gasteiger partial charge is 0.228 e. The number of hydrogen-bond donors (Lipinski definition) is 0. The van der Waals surface area contributed by atoms with Crippen molar-refractivity contribution in [2.24, 2.45) is 5.92 Å². The van der Waals surface area contributed by atoms with E-state index in [1.54, 1.807) is 6.20 Å². The van der Waals surface area contributed by atoms with Gasteiger partial charge in [-0.2, -0.15) is 0 Å². The fourth-order valence-electron chi connectivity index (χ4n) is 4.86. The van der Waals surface area contributed by atoms with Crippen molar-refractivity contribution < 1.29 is 14.4 Å². The molecule has 29 heavy (non-hydrogen) atoms. The van der Waals surface area contributed by atoms with Crippen LogP contribution in [0.4, 0.5) is 0 Å². The number of hydrogen-bond acceptors (Lipinski definition) is 4. The number of carbonyl (C=O) groups excluding carboxylic acids is 3. The van der Waals surface area contributed by atoms with Crippen molar-refractivity contribution in [1.82, 2.24) is 19.7 Å². The van der Waals surface area contributed by atoms with E-state index in [0.29, 0.717) is 32.0 Å². The minimum Gasteiger partial charge on any atom is -0.342 e. The van der Waals surface area contributed by atoms with E-state index < -0.39 is 0 Å². The van der Waals surface area contributed by atoms with Crippen molar-refractivity contribution in [2.45, 2.75) is 51.0 Å². The van der Waals surface area contributed by atoms with Crippen LogP contribution in [-0.2, 0) is 20.8 Å². The summed E-state index contributed by atoms with van der Waals surface area (Å²) in [6.45, 7) is 3.64. The molecule has 7 heteroatoms. The number of carbonyl (C=O) groups is 3. The Morgan fingerprint density at radius 2 is 1.69 bits per heavy atom. The summed E-state index contributed by atoms with van der Waals surface area (Å²) in [6.07, 6.45) is 6.91. The van der Waals surface area contributed by atoms with Crippen LogP contribution in [0.25, 0.3) is 0 Å². The van der Waals surface area contributed by atoms with Gasteiger partial charge < -0.3 is 14.7 Å². The second kappa shape index (κ2) is 8.93. The molecule has 7 nitrogen and oxygen atoms in total. The molecule has 0 unspecified atom stereocenters. The minimum atomic E-state index is 0.0128. The molecule has 1 aromatic rings. The number of amides is 3. The van der Waals surface area contributed by atoms with Gasteiger partial charge >= 0.3 is 0 Å². The molecule has 4 rings (SSSR count). The summed E-state index contributed by atoms with van der Waals surface area (Å²) in [4.78, 5) is 47.5. The van der Waals surface area contributed by atoms with Gasteiger partial charge in [-0.05, 0) is 44.2 Å². The molecule has 0 saturated carbocycles. The summed E-state index contributed by atoms with van der Waals surface area (Å²) in [5.74, 6) is 0.607. The highest BCUT2D eigenvalue weighted by atomic mass is 16.2. The molecule has 3 fully saturated rings. The van der Waals surface area contributed by atoms with E-state index in [1.807, 2.05) is 32.9 Å². The van der Waals surface area contributed by atoms with Crippen LogP contribution >= 0.6 is 0 Å². The highest BCUT2D eigenvalue weighted by Gasteiger charge is 2.35. The summed E-state index contributed by atoms with van der Waals surface area (Å²) in [5.41, 5.74) is 0.787. The van der Waals surface area contributed by atoms with E-state index in [9.17, 15) is 14.4 Å². The summed E-state index contributed by atoms with van der Waals surface area (Å²) < 4.78 is 0. The second-order valence-corrected chi connectivity index (χ2v) is 8.40. The zero-order chi connectivity index (χ0) is 20.2. The van der Waals surface area contributed by atoms with Gasteiger partial charge in [-0.25, -0.2) is 0 Å². The number of nitrogens with zero attached hydrogens (tertiary/aromatic N) is 4. The van der Waals surface area contributed by atoms with Crippen LogP contribution in [0.1, 0.15) is 44.2 Å². The zero-order valence-electron chi connectivity index (χ0n) is 17.0. The molecule has 3 amide bonds. The van der Waals surface area contributed by atoms with Gasteiger partial charge in [-0.15, -0.1) is 0 Å². The average molecular weight is 399 g/mol. The standard InChI is InChI=1S/C22H30N4O3/c27-20-5-3-11-26(20)19-8-14-25(15-9-19)22(29)17-6-12-24(13-7-17)21(28)16-18-4-1-2-10-23-18/h1-2,4,10,17,19H,3,5-9,11-16H2. The highest BCUT2D eigenvalue weighted by molar-refractivity contribution is 5.81. The predicted molar refractivity (Wildman–Crippen MR) is 108 cm³/mol. The molecule has 1 aromatic heterocycles. The number of piperidine rings is 2. The molecule has 156 valence electrons. The Morgan fingerprint density at radius 1 is 0.966 bits per heavy atom. The maximum atomic E-state index is 12.9. The third-order valence-electron chi connectivity index (χ3n) is 6.58. The fourth-order valence-corrected chi connectivity index (χ4v) is 4.86. The molecule has 3 aliphatic heterocycles. The number of pyridine rings is 1. The van der Waals surface area contributed by atoms with Crippen LogP contribution in [-0.4, -0.2) is 76.2 Å². The summed E-state index contributed by atoms with van der Waals surface area (Å²) in [5, 5.41) is 0. The van der Waals surface area contributed by atoms with Crippen LogP contribution in [0.3, 0.4) is 0 Å². The molecular formula is C22H30N4O3. The molecule has 0 atom stereocenters. The topological polar surface area (TPSA) is 73.8 Å². The van der Waals surface area contributed by atoms with Crippen molar-refractivity contribution in [1.29, 1.82) is 0 Å². The molecular weight excluding hydrogens is 368 g/mol. The Bertz CT molecular complexity index is 738. The van der Waals surface area contributed by atoms with Crippen LogP contribution < -0.4 is 0 Å². The van der Waals surface area contributed by atoms with Crippen molar-refractivity contribution >= 4 is 17.7 Å². The molecule has 3 saturated heterocycles. The molecule has 4 heterocycles. The summed E-state index contributed by atoms with van der Waals surface area (Å²) in [7, 11) is 0. The lowest BCUT2D eigenvalue weighted by Gasteiger charge is -2.39. The van der Waals surface area contributed by atoms with Crippen molar-refractivity contribution in [2.75, 3.05) is 32.7 Å². The first-order chi connectivity index (χ1) is 14.1. The molecule has 0 bridgehead atoms. The van der Waals surface area contributed by atoms with Crippen LogP contribution in [0, 0.1) is 5.92 Å². The molecule has 0 radical (unpaired) electrons. The van der Waals surface area contributed by atoms with E-state index in [4.69, 9.17) is 0 Å². The first-order valence-electron chi connectivity index (χ1n) is 10.9. The number of aromatic nitrogens is 1. The van der Waals surface area contributed by atoms with Gasteiger partial charge in [-0.1, -0.05) is 6.07 Å². The predicted octanol–water partition coefficient (Wildman–Crippen LogP) is 1.48. The fraction of sp³-hybridized carbons (Fsp3) is 0.636. The number of likely N-dealkylation sites (tertiary alicyclic amines) is 3. The maximum Gasteiger partial charge on any atom is 0.228 e. The van der Waals surface area contributed by atoms with E-state index in [0.717, 1.165) is 57.4 Å². The third kappa shape index (κ3) is 4.60. The lowest BCUT2D eigenvalue weighted by atomic mass is 9.93. The van der Waals surface area contributed by atoms with E-state index in [-0.39, 0.29) is 23.6 Å². The molecule has 3 aliphatic rings. The summed E-state index contributed by atoms with van der Waals surface area (Å²) in [6, 6.07) is 5.91. The largest absolute Gasteiger partial charge is 0.342 e. The Labute approximate surface area is 172 Å². The lowest BCUT2D eigenvalue weighted by molar-refractivity contribution is -0.142. The van der Waals surface area contributed by atoms with Crippen molar-refractivity contribution in [3.63, 3.8) is 0 Å². The molecule has 0 spiro atoms. The van der Waals surface area contributed by atoms with Crippen molar-refractivity contribution in [3.8, 4) is 0 Å². The normalized spacial score (nSPS) is 21.7. The monoisotopic (exact) mass is 398 g/mol. The van der Waals surface area contributed by atoms with Gasteiger partial charge in [0.2, 0.25) is 17.7 Å². The first-order valence-corrected chi connectivity index (χ1v) is 10.9. The Morgan fingerprint density at radius 3 is 2.31 bits per heavy atom. The van der Waals surface area contributed by atoms with E-state index in [2.05, 4.69) is 4.98 Å². The Balaban J connectivity index is 1.22. The van der Waals surface area contributed by atoms with Crippen LogP contribution in [0.2, 0.25) is 0 Å². The Hall–Kier alpha value is -2.44. The second-order valence-electron chi connectivity index (χ2n) is 8.40. The van der Waals surface area contributed by atoms with Gasteiger partial charge in [0.15, 0.2) is 0 Å². The quantitative estimate of drug-likeness (QED) is 0.770. The average Bonchev–Trinajstić information content (AvgIpc) is 3.20. The van der Waals surface area contributed by atoms with E-state index in [1.165, 1.54) is 0 Å². The Kier molecular flexibility index (Phi) is 6.11. The van der Waals surface area contributed by atoms with Crippen LogP contribution in [0.5, 0.6) is 0 Å². The zero-order valence-corrected chi connectivity index (χ0v) is 17.0. The van der Waals surface area contributed by atoms with Gasteiger partial charge in [0.1, 0.15) is 0 Å². The number of rotatable bonds is 4. The molecule has 0 aromatic carbocycles. The third-order valence-corrected chi connectivity index (χ3v) is 6.58. The molecule has 0 N–H and O–H groups in total. The van der Waals surface area contributed by atoms with Crippen LogP contribution in [0.15, 0.2) is 24.4 Å². The van der Waals surface area contributed by atoms with E-state index >= 15 is 0 Å². The SMILES string of the molecule is O=C(Cc1ccccn1)N1CCC(C(=O)N2CCC(N3CCCC3=O)CC2)CC1. The summed E-state index contributed by atoms with van der Waals surface area (Å²) >= 11 is 0. The van der Waals surface area contributed by atoms with Gasteiger partial charge in [0, 0.05) is 63.0 Å².